The molecular formula is C15H24N4O. The average Bonchev–Trinajstić information content (AvgIpc) is 2.47. The Bertz CT molecular complexity index is 461. The summed E-state index contributed by atoms with van der Waals surface area (Å²) in [6.07, 6.45) is 5.02. The second-order valence-corrected chi connectivity index (χ2v) is 5.66. The van der Waals surface area contributed by atoms with E-state index in [4.69, 9.17) is 0 Å². The minimum atomic E-state index is -0.0220. The van der Waals surface area contributed by atoms with Gasteiger partial charge in [0.2, 0.25) is 5.91 Å². The number of hydrogen-bond acceptors (Lipinski definition) is 4. The lowest BCUT2D eigenvalue weighted by atomic mass is 10.0. The predicted molar refractivity (Wildman–Crippen MR) is 78.2 cm³/mol. The number of carbonyl (C=O) groups excluding carboxylic acids is 1. The lowest BCUT2D eigenvalue weighted by Crippen LogP contribution is -2.48. The normalized spacial score (nSPS) is 20.1. The molecule has 5 heteroatoms. The van der Waals surface area contributed by atoms with Crippen molar-refractivity contribution in [2.45, 2.75) is 51.6 Å². The molecule has 0 spiro atoms. The van der Waals surface area contributed by atoms with Crippen molar-refractivity contribution in [1.29, 1.82) is 0 Å². The van der Waals surface area contributed by atoms with Crippen LogP contribution in [0.4, 0.5) is 0 Å². The van der Waals surface area contributed by atoms with E-state index in [9.17, 15) is 4.79 Å². The van der Waals surface area contributed by atoms with Gasteiger partial charge in [0.1, 0.15) is 5.82 Å². The lowest BCUT2D eigenvalue weighted by molar-refractivity contribution is -0.127. The van der Waals surface area contributed by atoms with E-state index in [0.29, 0.717) is 5.92 Å². The van der Waals surface area contributed by atoms with Crippen LogP contribution in [0.2, 0.25) is 0 Å². The molecule has 1 aliphatic rings. The van der Waals surface area contributed by atoms with E-state index in [1.807, 2.05) is 12.3 Å². The number of piperidine rings is 1. The molecule has 0 bridgehead atoms. The Balaban J connectivity index is 2.10. The number of aromatic nitrogens is 2. The minimum Gasteiger partial charge on any atom is -0.358 e. The van der Waals surface area contributed by atoms with Gasteiger partial charge in [-0.05, 0) is 25.5 Å². The molecule has 110 valence electrons. The number of likely N-dealkylation sites (N-methyl/N-ethyl adjacent to an activating group) is 1. The molecule has 2 rings (SSSR count). The van der Waals surface area contributed by atoms with Crippen LogP contribution in [0.25, 0.3) is 0 Å². The van der Waals surface area contributed by atoms with E-state index in [0.717, 1.165) is 43.9 Å². The summed E-state index contributed by atoms with van der Waals surface area (Å²) in [6, 6.07) is 1.92. The van der Waals surface area contributed by atoms with Gasteiger partial charge in [-0.15, -0.1) is 0 Å². The summed E-state index contributed by atoms with van der Waals surface area (Å²) in [5.41, 5.74) is 1.000. The highest BCUT2D eigenvalue weighted by molar-refractivity contribution is 5.81. The highest BCUT2D eigenvalue weighted by Gasteiger charge is 2.28. The predicted octanol–water partition coefficient (Wildman–Crippen LogP) is 1.70. The number of nitrogens with zero attached hydrogens (tertiary/aromatic N) is 3. The first kappa shape index (κ1) is 14.9. The zero-order valence-corrected chi connectivity index (χ0v) is 12.6. The van der Waals surface area contributed by atoms with E-state index in [1.165, 1.54) is 0 Å². The highest BCUT2D eigenvalue weighted by Crippen LogP contribution is 2.19. The van der Waals surface area contributed by atoms with E-state index in [1.54, 1.807) is 7.05 Å². The number of hydrogen-bond donors (Lipinski definition) is 1. The van der Waals surface area contributed by atoms with Gasteiger partial charge >= 0.3 is 0 Å². The number of amides is 1. The lowest BCUT2D eigenvalue weighted by Gasteiger charge is -2.34. The van der Waals surface area contributed by atoms with Gasteiger partial charge in [-0.3, -0.25) is 9.69 Å². The van der Waals surface area contributed by atoms with Crippen molar-refractivity contribution in [2.24, 2.45) is 0 Å². The Kier molecular flexibility index (Phi) is 5.06. The summed E-state index contributed by atoms with van der Waals surface area (Å²) in [7, 11) is 1.71. The van der Waals surface area contributed by atoms with Crippen molar-refractivity contribution in [3.05, 3.63) is 23.8 Å². The van der Waals surface area contributed by atoms with E-state index < -0.39 is 0 Å². The zero-order valence-electron chi connectivity index (χ0n) is 12.6. The molecule has 1 saturated heterocycles. The molecule has 1 fully saturated rings. The standard InChI is InChI=1S/C15H24N4O/c1-11(2)14-17-8-7-12(18-14)10-19-9-5-4-6-13(19)15(20)16-3/h7-8,11,13H,4-6,9-10H2,1-3H3,(H,16,20)/t13-/m0/s1. The molecule has 0 radical (unpaired) electrons. The van der Waals surface area contributed by atoms with Crippen LogP contribution in [0.1, 0.15) is 50.5 Å². The topological polar surface area (TPSA) is 58.1 Å². The maximum absolute atomic E-state index is 12.0. The minimum absolute atomic E-state index is 0.0220. The van der Waals surface area contributed by atoms with Gasteiger partial charge in [0, 0.05) is 25.7 Å². The van der Waals surface area contributed by atoms with Gasteiger partial charge in [-0.2, -0.15) is 0 Å². The first-order chi connectivity index (χ1) is 9.61. The molecular weight excluding hydrogens is 252 g/mol. The number of likely N-dealkylation sites (tertiary alicyclic amines) is 1. The second-order valence-electron chi connectivity index (χ2n) is 5.66. The fraction of sp³-hybridized carbons (Fsp3) is 0.667. The van der Waals surface area contributed by atoms with E-state index >= 15 is 0 Å². The summed E-state index contributed by atoms with van der Waals surface area (Å²) >= 11 is 0. The van der Waals surface area contributed by atoms with Crippen LogP contribution in [0.15, 0.2) is 12.3 Å². The van der Waals surface area contributed by atoms with Crippen LogP contribution in [0, 0.1) is 0 Å². The van der Waals surface area contributed by atoms with Crippen molar-refractivity contribution >= 4 is 5.91 Å². The number of carbonyl (C=O) groups is 1. The van der Waals surface area contributed by atoms with Crippen molar-refractivity contribution in [3.8, 4) is 0 Å². The zero-order chi connectivity index (χ0) is 14.5. The molecule has 1 N–H and O–H groups in total. The first-order valence-electron chi connectivity index (χ1n) is 7.39. The van der Waals surface area contributed by atoms with Crippen molar-refractivity contribution in [1.82, 2.24) is 20.2 Å². The van der Waals surface area contributed by atoms with Gasteiger partial charge < -0.3 is 5.32 Å². The number of rotatable bonds is 4. The second kappa shape index (κ2) is 6.79. The third-order valence-electron chi connectivity index (χ3n) is 3.78. The molecule has 0 aromatic carbocycles. The molecule has 0 unspecified atom stereocenters. The van der Waals surface area contributed by atoms with Crippen LogP contribution in [-0.2, 0) is 11.3 Å². The number of nitrogens with one attached hydrogen (secondary N) is 1. The summed E-state index contributed by atoms with van der Waals surface area (Å²) < 4.78 is 0. The fourth-order valence-electron chi connectivity index (χ4n) is 2.63. The Morgan fingerprint density at radius 2 is 2.30 bits per heavy atom. The van der Waals surface area contributed by atoms with Gasteiger partial charge in [0.25, 0.3) is 0 Å². The van der Waals surface area contributed by atoms with Crippen molar-refractivity contribution in [3.63, 3.8) is 0 Å². The van der Waals surface area contributed by atoms with Crippen molar-refractivity contribution < 1.29 is 4.79 Å². The summed E-state index contributed by atoms with van der Waals surface area (Å²) in [6.45, 7) is 5.86. The van der Waals surface area contributed by atoms with Crippen molar-refractivity contribution in [2.75, 3.05) is 13.6 Å². The molecule has 5 nitrogen and oxygen atoms in total. The fourth-order valence-corrected chi connectivity index (χ4v) is 2.63. The maximum Gasteiger partial charge on any atom is 0.237 e. The third kappa shape index (κ3) is 3.54. The molecule has 1 aliphatic heterocycles. The molecule has 20 heavy (non-hydrogen) atoms. The SMILES string of the molecule is CNC(=O)[C@@H]1CCCCN1Cc1ccnc(C(C)C)n1. The molecule has 1 aromatic heterocycles. The summed E-state index contributed by atoms with van der Waals surface area (Å²) in [5, 5.41) is 2.77. The highest BCUT2D eigenvalue weighted by atomic mass is 16.2. The van der Waals surface area contributed by atoms with Gasteiger partial charge in [0.05, 0.1) is 11.7 Å². The van der Waals surface area contributed by atoms with Crippen LogP contribution >= 0.6 is 0 Å². The maximum atomic E-state index is 12.0. The van der Waals surface area contributed by atoms with Crippen LogP contribution < -0.4 is 5.32 Å². The Labute approximate surface area is 120 Å². The van der Waals surface area contributed by atoms with Gasteiger partial charge in [0.15, 0.2) is 0 Å². The van der Waals surface area contributed by atoms with Gasteiger partial charge in [-0.1, -0.05) is 20.3 Å². The first-order valence-corrected chi connectivity index (χ1v) is 7.39. The quantitative estimate of drug-likeness (QED) is 0.909. The van der Waals surface area contributed by atoms with Crippen LogP contribution in [-0.4, -0.2) is 40.4 Å². The summed E-state index contributed by atoms with van der Waals surface area (Å²) in [5.74, 6) is 1.31. The smallest absolute Gasteiger partial charge is 0.237 e. The van der Waals surface area contributed by atoms with Crippen LogP contribution in [0.5, 0.6) is 0 Å². The molecule has 0 aliphatic carbocycles. The molecule has 2 heterocycles. The Hall–Kier alpha value is -1.49. The Morgan fingerprint density at radius 1 is 1.50 bits per heavy atom. The molecule has 1 amide bonds. The molecule has 1 aromatic rings. The Morgan fingerprint density at radius 3 is 3.00 bits per heavy atom. The average molecular weight is 276 g/mol. The third-order valence-corrected chi connectivity index (χ3v) is 3.78. The van der Waals surface area contributed by atoms with E-state index in [2.05, 4.69) is 34.0 Å². The summed E-state index contributed by atoms with van der Waals surface area (Å²) in [4.78, 5) is 23.1. The largest absolute Gasteiger partial charge is 0.358 e. The van der Waals surface area contributed by atoms with Gasteiger partial charge in [-0.25, -0.2) is 9.97 Å². The monoisotopic (exact) mass is 276 g/mol. The van der Waals surface area contributed by atoms with E-state index in [-0.39, 0.29) is 11.9 Å². The molecule has 1 atom stereocenters. The molecule has 0 saturated carbocycles. The van der Waals surface area contributed by atoms with Crippen LogP contribution in [0.3, 0.4) is 0 Å².